The van der Waals surface area contributed by atoms with Gasteiger partial charge in [0.1, 0.15) is 6.07 Å². The van der Waals surface area contributed by atoms with E-state index >= 15 is 0 Å². The third-order valence-corrected chi connectivity index (χ3v) is 7.46. The zero-order chi connectivity index (χ0) is 22.1. The Morgan fingerprint density at radius 2 is 1.91 bits per heavy atom. The molecule has 0 amide bonds. The summed E-state index contributed by atoms with van der Waals surface area (Å²) in [7, 11) is 0. The predicted octanol–water partition coefficient (Wildman–Crippen LogP) is 4.31. The SMILES string of the molecule is CC1CN(c2ccc(C#N)c3ncccc23)CC2CN(CCc3ccc(Br)cc3)CCN12. The summed E-state index contributed by atoms with van der Waals surface area (Å²) < 4.78 is 1.14. The number of piperazine rings is 2. The number of aromatic nitrogens is 1. The van der Waals surface area contributed by atoms with Crippen molar-refractivity contribution in [3.05, 3.63) is 70.3 Å². The van der Waals surface area contributed by atoms with E-state index < -0.39 is 0 Å². The van der Waals surface area contributed by atoms with Gasteiger partial charge < -0.3 is 9.80 Å². The Kier molecular flexibility index (Phi) is 6.14. The van der Waals surface area contributed by atoms with E-state index in [2.05, 4.69) is 85.0 Å². The minimum Gasteiger partial charge on any atom is -0.368 e. The molecule has 3 aromatic rings. The molecule has 164 valence electrons. The summed E-state index contributed by atoms with van der Waals surface area (Å²) in [5.41, 5.74) is 4.05. The first kappa shape index (κ1) is 21.4. The van der Waals surface area contributed by atoms with Crippen molar-refractivity contribution in [1.29, 1.82) is 5.26 Å². The van der Waals surface area contributed by atoms with Gasteiger partial charge in [0, 0.05) is 73.1 Å². The van der Waals surface area contributed by atoms with Gasteiger partial charge >= 0.3 is 0 Å². The lowest BCUT2D eigenvalue weighted by molar-refractivity contribution is 0.0356. The van der Waals surface area contributed by atoms with Crippen LogP contribution in [-0.2, 0) is 6.42 Å². The molecule has 0 bridgehead atoms. The van der Waals surface area contributed by atoms with E-state index in [-0.39, 0.29) is 0 Å². The molecule has 0 aliphatic carbocycles. The Balaban J connectivity index is 1.32. The second-order valence-electron chi connectivity index (χ2n) is 8.97. The lowest BCUT2D eigenvalue weighted by Crippen LogP contribution is -2.65. The van der Waals surface area contributed by atoms with Gasteiger partial charge in [0.2, 0.25) is 0 Å². The number of halogens is 1. The maximum atomic E-state index is 9.49. The number of nitrogens with zero attached hydrogens (tertiary/aromatic N) is 5. The summed E-state index contributed by atoms with van der Waals surface area (Å²) >= 11 is 3.52. The van der Waals surface area contributed by atoms with Gasteiger partial charge in [-0.15, -0.1) is 0 Å². The van der Waals surface area contributed by atoms with Crippen LogP contribution in [0.4, 0.5) is 5.69 Å². The summed E-state index contributed by atoms with van der Waals surface area (Å²) in [6.45, 7) is 8.84. The highest BCUT2D eigenvalue weighted by Crippen LogP contribution is 2.31. The Hall–Kier alpha value is -2.46. The highest BCUT2D eigenvalue weighted by molar-refractivity contribution is 9.10. The maximum absolute atomic E-state index is 9.49. The first-order valence-electron chi connectivity index (χ1n) is 11.4. The van der Waals surface area contributed by atoms with E-state index in [0.717, 1.165) is 61.1 Å². The lowest BCUT2D eigenvalue weighted by Gasteiger charge is -2.51. The molecule has 3 heterocycles. The summed E-state index contributed by atoms with van der Waals surface area (Å²) in [6, 6.07) is 20.1. The smallest absolute Gasteiger partial charge is 0.101 e. The number of pyridine rings is 1. The second kappa shape index (κ2) is 9.19. The Labute approximate surface area is 198 Å². The van der Waals surface area contributed by atoms with Crippen molar-refractivity contribution in [3.8, 4) is 6.07 Å². The molecule has 2 fully saturated rings. The van der Waals surface area contributed by atoms with Crippen LogP contribution < -0.4 is 4.90 Å². The Bertz CT molecular complexity index is 1140. The Morgan fingerprint density at radius 3 is 2.72 bits per heavy atom. The van der Waals surface area contributed by atoms with Crippen LogP contribution in [0, 0.1) is 11.3 Å². The molecule has 1 aromatic heterocycles. The highest BCUT2D eigenvalue weighted by atomic mass is 79.9. The largest absolute Gasteiger partial charge is 0.368 e. The first-order valence-corrected chi connectivity index (χ1v) is 12.2. The predicted molar refractivity (Wildman–Crippen MR) is 133 cm³/mol. The van der Waals surface area contributed by atoms with Crippen molar-refractivity contribution < 1.29 is 0 Å². The van der Waals surface area contributed by atoms with E-state index in [0.29, 0.717) is 17.6 Å². The molecule has 2 aromatic carbocycles. The maximum Gasteiger partial charge on any atom is 0.101 e. The third kappa shape index (κ3) is 4.25. The molecule has 0 spiro atoms. The van der Waals surface area contributed by atoms with Crippen LogP contribution in [0.1, 0.15) is 18.1 Å². The fourth-order valence-corrected chi connectivity index (χ4v) is 5.56. The van der Waals surface area contributed by atoms with E-state index in [9.17, 15) is 5.26 Å². The van der Waals surface area contributed by atoms with Gasteiger partial charge in [-0.05, 0) is 55.3 Å². The van der Waals surface area contributed by atoms with Gasteiger partial charge in [-0.1, -0.05) is 28.1 Å². The number of nitriles is 1. The van der Waals surface area contributed by atoms with Crippen molar-refractivity contribution in [2.45, 2.75) is 25.4 Å². The number of rotatable bonds is 4. The molecular formula is C26H28BrN5. The molecule has 2 saturated heterocycles. The van der Waals surface area contributed by atoms with Gasteiger partial charge in [0.05, 0.1) is 11.1 Å². The molecule has 2 aliphatic heterocycles. The van der Waals surface area contributed by atoms with Crippen molar-refractivity contribution in [3.63, 3.8) is 0 Å². The molecule has 2 atom stereocenters. The first-order chi connectivity index (χ1) is 15.6. The topological polar surface area (TPSA) is 46.4 Å². The minimum atomic E-state index is 0.504. The van der Waals surface area contributed by atoms with Crippen LogP contribution in [0.5, 0.6) is 0 Å². The molecule has 5 nitrogen and oxygen atoms in total. The average molecular weight is 490 g/mol. The van der Waals surface area contributed by atoms with Crippen LogP contribution in [0.3, 0.4) is 0 Å². The average Bonchev–Trinajstić information content (AvgIpc) is 2.82. The second-order valence-corrected chi connectivity index (χ2v) is 9.88. The molecule has 2 unspecified atom stereocenters. The highest BCUT2D eigenvalue weighted by Gasteiger charge is 2.36. The number of hydrogen-bond acceptors (Lipinski definition) is 5. The van der Waals surface area contributed by atoms with Crippen molar-refractivity contribution in [2.75, 3.05) is 44.2 Å². The third-order valence-electron chi connectivity index (χ3n) is 6.93. The van der Waals surface area contributed by atoms with E-state index in [1.807, 2.05) is 12.1 Å². The van der Waals surface area contributed by atoms with E-state index in [4.69, 9.17) is 0 Å². The normalized spacial score (nSPS) is 22.0. The summed E-state index contributed by atoms with van der Waals surface area (Å²) in [5.74, 6) is 0. The van der Waals surface area contributed by atoms with Crippen molar-refractivity contribution in [2.24, 2.45) is 0 Å². The van der Waals surface area contributed by atoms with Gasteiger partial charge in [-0.25, -0.2) is 0 Å². The van der Waals surface area contributed by atoms with Gasteiger partial charge in [-0.3, -0.25) is 9.88 Å². The van der Waals surface area contributed by atoms with Crippen LogP contribution in [0.15, 0.2) is 59.2 Å². The number of benzene rings is 2. The van der Waals surface area contributed by atoms with Crippen LogP contribution in [0.25, 0.3) is 10.9 Å². The summed E-state index contributed by atoms with van der Waals surface area (Å²) in [6.07, 6.45) is 2.86. The van der Waals surface area contributed by atoms with Crippen molar-refractivity contribution in [1.82, 2.24) is 14.8 Å². The van der Waals surface area contributed by atoms with Gasteiger partial charge in [-0.2, -0.15) is 5.26 Å². The zero-order valence-electron chi connectivity index (χ0n) is 18.4. The number of fused-ring (bicyclic) bond motifs is 2. The van der Waals surface area contributed by atoms with Gasteiger partial charge in [0.15, 0.2) is 0 Å². The molecule has 5 rings (SSSR count). The molecule has 32 heavy (non-hydrogen) atoms. The molecular weight excluding hydrogens is 462 g/mol. The summed E-state index contributed by atoms with van der Waals surface area (Å²) in [4.78, 5) is 12.3. The van der Waals surface area contributed by atoms with Crippen LogP contribution in [0.2, 0.25) is 0 Å². The Morgan fingerprint density at radius 1 is 1.06 bits per heavy atom. The molecule has 0 saturated carbocycles. The molecule has 0 N–H and O–H groups in total. The molecule has 6 heteroatoms. The van der Waals surface area contributed by atoms with Crippen molar-refractivity contribution >= 4 is 32.5 Å². The standard InChI is InChI=1S/C26H28BrN5/c1-19-16-31(25-9-6-21(15-28)26-24(25)3-2-11-29-26)18-23-17-30(13-14-32(19)23)12-10-20-4-7-22(27)8-5-20/h2-9,11,19,23H,10,12-14,16-18H2,1H3. The minimum absolute atomic E-state index is 0.504. The fraction of sp³-hybridized carbons (Fsp3) is 0.385. The zero-order valence-corrected chi connectivity index (χ0v) is 20.0. The molecule has 2 aliphatic rings. The van der Waals surface area contributed by atoms with Crippen LogP contribution in [-0.4, -0.2) is 66.1 Å². The molecule has 0 radical (unpaired) electrons. The quantitative estimate of drug-likeness (QED) is 0.546. The van der Waals surface area contributed by atoms with Crippen LogP contribution >= 0.6 is 15.9 Å². The summed E-state index contributed by atoms with van der Waals surface area (Å²) in [5, 5.41) is 10.6. The van der Waals surface area contributed by atoms with Gasteiger partial charge in [0.25, 0.3) is 0 Å². The fourth-order valence-electron chi connectivity index (χ4n) is 5.29. The monoisotopic (exact) mass is 489 g/mol. The number of anilines is 1. The van der Waals surface area contributed by atoms with E-state index in [1.54, 1.807) is 6.20 Å². The van der Waals surface area contributed by atoms with E-state index in [1.165, 1.54) is 11.3 Å². The lowest BCUT2D eigenvalue weighted by atomic mass is 10.0. The number of hydrogen-bond donors (Lipinski definition) is 0.